The highest BCUT2D eigenvalue weighted by Crippen LogP contribution is 2.39. The van der Waals surface area contributed by atoms with Crippen molar-refractivity contribution in [1.29, 1.82) is 0 Å². The van der Waals surface area contributed by atoms with E-state index in [9.17, 15) is 22.4 Å². The van der Waals surface area contributed by atoms with Crippen molar-refractivity contribution in [2.24, 2.45) is 0 Å². The highest BCUT2D eigenvalue weighted by molar-refractivity contribution is 7.97. The third kappa shape index (κ3) is 4.02. The summed E-state index contributed by atoms with van der Waals surface area (Å²) in [5.74, 6) is -1.60. The first-order chi connectivity index (χ1) is 15.3. The first kappa shape index (κ1) is 21.7. The molecule has 2 aromatic carbocycles. The van der Waals surface area contributed by atoms with Crippen molar-refractivity contribution in [3.05, 3.63) is 92.9 Å². The average Bonchev–Trinajstić information content (AvgIpc) is 3.26. The predicted molar refractivity (Wildman–Crippen MR) is 120 cm³/mol. The third-order valence-corrected chi connectivity index (χ3v) is 7.47. The number of nitrogens with one attached hydrogen (secondary N) is 1. The van der Waals surface area contributed by atoms with E-state index >= 15 is 0 Å². The van der Waals surface area contributed by atoms with Crippen LogP contribution < -0.4 is 9.62 Å². The summed E-state index contributed by atoms with van der Waals surface area (Å²) in [6.07, 6.45) is 1.13. The molecule has 0 spiro atoms. The SMILES string of the molecule is COC(=O)c1ccc(NC=C2C(=O)c3sccc3N(Cc3cccc(F)c3)S2(=O)=O)cc1. The van der Waals surface area contributed by atoms with E-state index in [1.165, 1.54) is 37.4 Å². The van der Waals surface area contributed by atoms with Gasteiger partial charge in [0.15, 0.2) is 4.91 Å². The molecule has 1 N–H and O–H groups in total. The number of rotatable bonds is 5. The highest BCUT2D eigenvalue weighted by atomic mass is 32.2. The van der Waals surface area contributed by atoms with Crippen LogP contribution in [0.4, 0.5) is 15.8 Å². The van der Waals surface area contributed by atoms with E-state index in [0.29, 0.717) is 16.8 Å². The molecule has 0 bridgehead atoms. The second kappa shape index (κ2) is 8.56. The van der Waals surface area contributed by atoms with Crippen molar-refractivity contribution < 1.29 is 27.1 Å². The van der Waals surface area contributed by atoms with Crippen molar-refractivity contribution in [2.75, 3.05) is 16.7 Å². The van der Waals surface area contributed by atoms with Crippen LogP contribution in [-0.4, -0.2) is 27.3 Å². The van der Waals surface area contributed by atoms with Gasteiger partial charge in [0.25, 0.3) is 10.0 Å². The number of esters is 1. The number of fused-ring (bicyclic) bond motifs is 1. The molecule has 1 aliphatic rings. The first-order valence-corrected chi connectivity index (χ1v) is 11.7. The Kier molecular flexibility index (Phi) is 5.81. The summed E-state index contributed by atoms with van der Waals surface area (Å²) in [6.45, 7) is -0.123. The minimum absolute atomic E-state index is 0.123. The Morgan fingerprint density at radius 1 is 1.19 bits per heavy atom. The number of Topliss-reactive ketones (excluding diaryl/α,β-unsaturated/α-hetero) is 1. The van der Waals surface area contributed by atoms with Gasteiger partial charge in [-0.2, -0.15) is 0 Å². The number of carbonyl (C=O) groups excluding carboxylic acids is 2. The standard InChI is InChI=1S/C22H17FN2O5S2/c1-30-22(27)15-5-7-17(8-6-15)24-12-19-20(26)21-18(9-10-31-21)25(32(19,28)29)13-14-3-2-4-16(23)11-14/h2-12,24H,13H2,1H3. The molecule has 0 unspecified atom stereocenters. The van der Waals surface area contributed by atoms with Gasteiger partial charge in [-0.05, 0) is 53.4 Å². The van der Waals surface area contributed by atoms with Crippen molar-refractivity contribution in [3.63, 3.8) is 0 Å². The summed E-state index contributed by atoms with van der Waals surface area (Å²) in [6, 6.07) is 13.3. The molecular weight excluding hydrogens is 455 g/mol. The number of halogens is 1. The summed E-state index contributed by atoms with van der Waals surface area (Å²) >= 11 is 1.14. The number of hydrogen-bond donors (Lipinski definition) is 1. The lowest BCUT2D eigenvalue weighted by Crippen LogP contribution is -2.38. The van der Waals surface area contributed by atoms with Crippen LogP contribution in [0.15, 0.2) is 71.1 Å². The normalized spacial score (nSPS) is 16.0. The number of sulfonamides is 1. The van der Waals surface area contributed by atoms with Crippen LogP contribution in [0.25, 0.3) is 0 Å². The first-order valence-electron chi connectivity index (χ1n) is 9.35. The Hall–Kier alpha value is -3.50. The Labute approximate surface area is 187 Å². The van der Waals surface area contributed by atoms with Gasteiger partial charge in [0.2, 0.25) is 5.78 Å². The quantitative estimate of drug-likeness (QED) is 0.443. The molecule has 0 saturated heterocycles. The van der Waals surface area contributed by atoms with Gasteiger partial charge >= 0.3 is 5.97 Å². The van der Waals surface area contributed by atoms with Crippen LogP contribution in [-0.2, 0) is 21.3 Å². The Morgan fingerprint density at radius 2 is 1.94 bits per heavy atom. The van der Waals surface area contributed by atoms with Gasteiger partial charge in [0.05, 0.1) is 24.9 Å². The second-order valence-corrected chi connectivity index (χ2v) is 9.57. The summed E-state index contributed by atoms with van der Waals surface area (Å²) in [4.78, 5) is 24.3. The number of ether oxygens (including phenoxy) is 1. The van der Waals surface area contributed by atoms with E-state index in [1.807, 2.05) is 0 Å². The lowest BCUT2D eigenvalue weighted by Gasteiger charge is -2.29. The van der Waals surface area contributed by atoms with E-state index in [2.05, 4.69) is 10.1 Å². The van der Waals surface area contributed by atoms with Gasteiger partial charge in [0.1, 0.15) is 10.7 Å². The molecule has 3 aromatic rings. The third-order valence-electron chi connectivity index (χ3n) is 4.80. The lowest BCUT2D eigenvalue weighted by molar-refractivity contribution is 0.0600. The number of methoxy groups -OCH3 is 1. The van der Waals surface area contributed by atoms with Gasteiger partial charge in [-0.15, -0.1) is 11.3 Å². The average molecular weight is 473 g/mol. The van der Waals surface area contributed by atoms with Crippen LogP contribution in [0.1, 0.15) is 25.6 Å². The zero-order valence-electron chi connectivity index (χ0n) is 16.7. The van der Waals surface area contributed by atoms with Crippen molar-refractivity contribution >= 4 is 44.5 Å². The molecular formula is C22H17FN2O5S2. The minimum Gasteiger partial charge on any atom is -0.465 e. The predicted octanol–water partition coefficient (Wildman–Crippen LogP) is 4.16. The van der Waals surface area contributed by atoms with Crippen molar-refractivity contribution in [3.8, 4) is 0 Å². The zero-order chi connectivity index (χ0) is 22.9. The van der Waals surface area contributed by atoms with Crippen molar-refractivity contribution in [1.82, 2.24) is 0 Å². The molecule has 7 nitrogen and oxygen atoms in total. The van der Waals surface area contributed by atoms with E-state index in [0.717, 1.165) is 21.8 Å². The summed E-state index contributed by atoms with van der Waals surface area (Å²) in [7, 11) is -2.94. The van der Waals surface area contributed by atoms with Crippen LogP contribution in [0.5, 0.6) is 0 Å². The molecule has 1 aliphatic heterocycles. The number of allylic oxidation sites excluding steroid dienone is 1. The molecule has 0 aliphatic carbocycles. The van der Waals surface area contributed by atoms with Crippen LogP contribution in [0, 0.1) is 5.82 Å². The number of ketones is 1. The topological polar surface area (TPSA) is 92.8 Å². The molecule has 4 rings (SSSR count). The molecule has 0 radical (unpaired) electrons. The Balaban J connectivity index is 1.68. The molecule has 0 amide bonds. The van der Waals surface area contributed by atoms with Gasteiger partial charge in [-0.1, -0.05) is 12.1 Å². The van der Waals surface area contributed by atoms with Gasteiger partial charge in [0, 0.05) is 11.9 Å². The zero-order valence-corrected chi connectivity index (χ0v) is 18.4. The fourth-order valence-electron chi connectivity index (χ4n) is 3.23. The van der Waals surface area contributed by atoms with E-state index in [4.69, 9.17) is 0 Å². The maximum absolute atomic E-state index is 13.6. The van der Waals surface area contributed by atoms with Crippen LogP contribution in [0.3, 0.4) is 0 Å². The maximum atomic E-state index is 13.6. The second-order valence-electron chi connectivity index (χ2n) is 6.83. The molecule has 0 atom stereocenters. The molecule has 0 saturated carbocycles. The lowest BCUT2D eigenvalue weighted by atomic mass is 10.2. The van der Waals surface area contributed by atoms with Gasteiger partial charge in [-0.25, -0.2) is 17.6 Å². The maximum Gasteiger partial charge on any atom is 0.337 e. The summed E-state index contributed by atoms with van der Waals surface area (Å²) < 4.78 is 46.0. The van der Waals surface area contributed by atoms with Crippen LogP contribution >= 0.6 is 11.3 Å². The fraction of sp³-hybridized carbons (Fsp3) is 0.0909. The number of anilines is 2. The van der Waals surface area contributed by atoms with Gasteiger partial charge in [-0.3, -0.25) is 9.10 Å². The summed E-state index contributed by atoms with van der Waals surface area (Å²) in [5, 5.41) is 4.44. The fourth-order valence-corrected chi connectivity index (χ4v) is 5.71. The molecule has 164 valence electrons. The van der Waals surface area contributed by atoms with Crippen LogP contribution in [0.2, 0.25) is 0 Å². The van der Waals surface area contributed by atoms with E-state index < -0.39 is 32.5 Å². The number of thiophene rings is 1. The number of hydrogen-bond acceptors (Lipinski definition) is 7. The molecule has 1 aromatic heterocycles. The summed E-state index contributed by atoms with van der Waals surface area (Å²) in [5.41, 5.74) is 1.52. The Bertz CT molecular complexity index is 1330. The minimum atomic E-state index is -4.21. The number of nitrogens with zero attached hydrogens (tertiary/aromatic N) is 1. The molecule has 2 heterocycles. The molecule has 10 heteroatoms. The largest absolute Gasteiger partial charge is 0.465 e. The van der Waals surface area contributed by atoms with Crippen molar-refractivity contribution in [2.45, 2.75) is 6.54 Å². The Morgan fingerprint density at radius 3 is 2.62 bits per heavy atom. The smallest absolute Gasteiger partial charge is 0.337 e. The van der Waals surface area contributed by atoms with E-state index in [1.54, 1.807) is 29.6 Å². The van der Waals surface area contributed by atoms with Gasteiger partial charge < -0.3 is 10.1 Å². The highest BCUT2D eigenvalue weighted by Gasteiger charge is 2.41. The molecule has 32 heavy (non-hydrogen) atoms. The number of carbonyl (C=O) groups is 2. The monoisotopic (exact) mass is 472 g/mol. The van der Waals surface area contributed by atoms with E-state index in [-0.39, 0.29) is 17.1 Å². The number of benzene rings is 2. The molecule has 0 fully saturated rings.